The fourth-order valence-electron chi connectivity index (χ4n) is 3.67. The van der Waals surface area contributed by atoms with E-state index in [-0.39, 0.29) is 5.56 Å². The molecule has 1 fully saturated rings. The second-order valence-corrected chi connectivity index (χ2v) is 7.36. The number of hydrogen-bond acceptors (Lipinski definition) is 3. The third-order valence-corrected chi connectivity index (χ3v) is 5.43. The predicted molar refractivity (Wildman–Crippen MR) is 105 cm³/mol. The lowest BCUT2D eigenvalue weighted by Crippen LogP contribution is -2.34. The van der Waals surface area contributed by atoms with Crippen molar-refractivity contribution >= 4 is 10.9 Å². The van der Waals surface area contributed by atoms with E-state index in [4.69, 9.17) is 4.98 Å². The van der Waals surface area contributed by atoms with Crippen LogP contribution in [-0.4, -0.2) is 21.0 Å². The Morgan fingerprint density at radius 3 is 2.50 bits per heavy atom. The fourth-order valence-corrected chi connectivity index (χ4v) is 3.67. The quantitative estimate of drug-likeness (QED) is 0.682. The first-order valence-electron chi connectivity index (χ1n) is 9.41. The minimum Gasteiger partial charge on any atom is -0.298 e. The summed E-state index contributed by atoms with van der Waals surface area (Å²) in [5.74, 6) is 1.61. The number of hydrogen-bond donors (Lipinski definition) is 0. The Kier molecular flexibility index (Phi) is 4.85. The summed E-state index contributed by atoms with van der Waals surface area (Å²) in [6, 6.07) is 18.2. The van der Waals surface area contributed by atoms with Gasteiger partial charge in [0.05, 0.1) is 17.4 Å². The van der Waals surface area contributed by atoms with E-state index in [1.807, 2.05) is 37.4 Å². The standard InChI is InChI=1S/C22H25N3O/c1-24-21(23-20-13-6-5-12-19(20)22(24)26)16-25(15-18-10-7-11-18)14-17-8-3-2-4-9-17/h2-6,8-9,12-13,18H,7,10-11,14-16H2,1H3. The van der Waals surface area contributed by atoms with Crippen molar-refractivity contribution in [3.63, 3.8) is 0 Å². The zero-order valence-corrected chi connectivity index (χ0v) is 15.3. The summed E-state index contributed by atoms with van der Waals surface area (Å²) in [5.41, 5.74) is 2.13. The zero-order valence-electron chi connectivity index (χ0n) is 15.3. The van der Waals surface area contributed by atoms with E-state index in [0.29, 0.717) is 11.9 Å². The molecule has 0 N–H and O–H groups in total. The van der Waals surface area contributed by atoms with Crippen LogP contribution in [0.25, 0.3) is 10.9 Å². The lowest BCUT2D eigenvalue weighted by atomic mass is 9.85. The van der Waals surface area contributed by atoms with Crippen LogP contribution in [-0.2, 0) is 20.1 Å². The van der Waals surface area contributed by atoms with E-state index in [1.165, 1.54) is 24.8 Å². The molecule has 1 aliphatic carbocycles. The molecule has 26 heavy (non-hydrogen) atoms. The molecule has 1 saturated carbocycles. The Hall–Kier alpha value is -2.46. The summed E-state index contributed by atoms with van der Waals surface area (Å²) in [5, 5.41) is 0.687. The minimum absolute atomic E-state index is 0.0360. The van der Waals surface area contributed by atoms with Gasteiger partial charge in [0.2, 0.25) is 0 Å². The molecule has 0 bridgehead atoms. The third-order valence-electron chi connectivity index (χ3n) is 5.43. The van der Waals surface area contributed by atoms with E-state index in [0.717, 1.165) is 30.3 Å². The molecule has 0 spiro atoms. The van der Waals surface area contributed by atoms with E-state index in [1.54, 1.807) is 4.57 Å². The van der Waals surface area contributed by atoms with Crippen LogP contribution in [0.2, 0.25) is 0 Å². The second kappa shape index (κ2) is 7.42. The van der Waals surface area contributed by atoms with E-state index in [2.05, 4.69) is 29.2 Å². The third kappa shape index (κ3) is 3.56. The molecule has 1 aromatic heterocycles. The van der Waals surface area contributed by atoms with Crippen LogP contribution in [0.3, 0.4) is 0 Å². The van der Waals surface area contributed by atoms with Crippen LogP contribution in [0.15, 0.2) is 59.4 Å². The van der Waals surface area contributed by atoms with E-state index >= 15 is 0 Å². The van der Waals surface area contributed by atoms with Gasteiger partial charge in [-0.05, 0) is 36.5 Å². The fraction of sp³-hybridized carbons (Fsp3) is 0.364. The van der Waals surface area contributed by atoms with Gasteiger partial charge in [-0.3, -0.25) is 14.3 Å². The van der Waals surface area contributed by atoms with Crippen LogP contribution < -0.4 is 5.56 Å². The molecule has 1 aliphatic rings. The Morgan fingerprint density at radius 1 is 1.04 bits per heavy atom. The van der Waals surface area contributed by atoms with Gasteiger partial charge in [-0.15, -0.1) is 0 Å². The van der Waals surface area contributed by atoms with Gasteiger partial charge in [-0.25, -0.2) is 4.98 Å². The van der Waals surface area contributed by atoms with Gasteiger partial charge in [0.15, 0.2) is 0 Å². The van der Waals surface area contributed by atoms with Gasteiger partial charge in [-0.1, -0.05) is 48.9 Å². The lowest BCUT2D eigenvalue weighted by molar-refractivity contribution is 0.160. The summed E-state index contributed by atoms with van der Waals surface area (Å²) < 4.78 is 1.71. The van der Waals surface area contributed by atoms with Gasteiger partial charge in [0.25, 0.3) is 5.56 Å². The Labute approximate surface area is 154 Å². The first kappa shape index (κ1) is 17.0. The van der Waals surface area contributed by atoms with Crippen molar-refractivity contribution in [3.8, 4) is 0 Å². The van der Waals surface area contributed by atoms with Gasteiger partial charge in [0, 0.05) is 20.1 Å². The molecule has 0 amide bonds. The maximum Gasteiger partial charge on any atom is 0.261 e. The second-order valence-electron chi connectivity index (χ2n) is 7.36. The largest absolute Gasteiger partial charge is 0.298 e. The SMILES string of the molecule is Cn1c(CN(Cc2ccccc2)CC2CCC2)nc2ccccc2c1=O. The van der Waals surface area contributed by atoms with Gasteiger partial charge in [0.1, 0.15) is 5.82 Å². The molecule has 0 atom stereocenters. The molecule has 0 aliphatic heterocycles. The highest BCUT2D eigenvalue weighted by atomic mass is 16.1. The number of benzene rings is 2. The molecule has 134 valence electrons. The summed E-state index contributed by atoms with van der Waals surface area (Å²) in [6.07, 6.45) is 3.97. The highest BCUT2D eigenvalue weighted by Crippen LogP contribution is 2.28. The molecule has 4 rings (SSSR count). The topological polar surface area (TPSA) is 38.1 Å². The Bertz CT molecular complexity index is 945. The van der Waals surface area contributed by atoms with Crippen molar-refractivity contribution in [1.82, 2.24) is 14.5 Å². The monoisotopic (exact) mass is 347 g/mol. The van der Waals surface area contributed by atoms with Gasteiger partial charge in [-0.2, -0.15) is 0 Å². The average Bonchev–Trinajstić information content (AvgIpc) is 2.63. The van der Waals surface area contributed by atoms with Crippen LogP contribution in [0.4, 0.5) is 0 Å². The highest BCUT2D eigenvalue weighted by molar-refractivity contribution is 5.77. The van der Waals surface area contributed by atoms with Crippen molar-refractivity contribution < 1.29 is 0 Å². The average molecular weight is 347 g/mol. The summed E-state index contributed by atoms with van der Waals surface area (Å²) in [4.78, 5) is 19.9. The van der Waals surface area contributed by atoms with Crippen molar-refractivity contribution in [2.24, 2.45) is 13.0 Å². The summed E-state index contributed by atoms with van der Waals surface area (Å²) >= 11 is 0. The first-order chi connectivity index (χ1) is 12.7. The number of aromatic nitrogens is 2. The molecular formula is C22H25N3O. The maximum atomic E-state index is 12.7. The highest BCUT2D eigenvalue weighted by Gasteiger charge is 2.22. The number of nitrogens with zero attached hydrogens (tertiary/aromatic N) is 3. The number of fused-ring (bicyclic) bond motifs is 1. The minimum atomic E-state index is 0.0360. The van der Waals surface area contributed by atoms with Crippen LogP contribution in [0.5, 0.6) is 0 Å². The van der Waals surface area contributed by atoms with E-state index in [9.17, 15) is 4.79 Å². The van der Waals surface area contributed by atoms with Crippen molar-refractivity contribution in [3.05, 3.63) is 76.3 Å². The zero-order chi connectivity index (χ0) is 17.9. The predicted octanol–water partition coefficient (Wildman–Crippen LogP) is 3.74. The van der Waals surface area contributed by atoms with Crippen molar-refractivity contribution in [1.29, 1.82) is 0 Å². The smallest absolute Gasteiger partial charge is 0.261 e. The number of para-hydroxylation sites is 1. The van der Waals surface area contributed by atoms with Crippen molar-refractivity contribution in [2.75, 3.05) is 6.54 Å². The maximum absolute atomic E-state index is 12.7. The molecule has 0 unspecified atom stereocenters. The van der Waals surface area contributed by atoms with Gasteiger partial charge < -0.3 is 0 Å². The molecule has 3 aromatic rings. The Morgan fingerprint density at radius 2 is 1.77 bits per heavy atom. The first-order valence-corrected chi connectivity index (χ1v) is 9.41. The molecule has 4 nitrogen and oxygen atoms in total. The molecular weight excluding hydrogens is 322 g/mol. The summed E-state index contributed by atoms with van der Waals surface area (Å²) in [6.45, 7) is 2.65. The van der Waals surface area contributed by atoms with Crippen LogP contribution in [0.1, 0.15) is 30.7 Å². The van der Waals surface area contributed by atoms with Crippen LogP contribution in [0, 0.1) is 5.92 Å². The van der Waals surface area contributed by atoms with E-state index < -0.39 is 0 Å². The van der Waals surface area contributed by atoms with Gasteiger partial charge >= 0.3 is 0 Å². The molecule has 0 saturated heterocycles. The molecule has 2 aromatic carbocycles. The summed E-state index contributed by atoms with van der Waals surface area (Å²) in [7, 11) is 1.83. The lowest BCUT2D eigenvalue weighted by Gasteiger charge is -2.32. The number of rotatable bonds is 6. The van der Waals surface area contributed by atoms with Crippen LogP contribution >= 0.6 is 0 Å². The Balaban J connectivity index is 1.63. The molecule has 0 radical (unpaired) electrons. The molecule has 1 heterocycles. The normalized spacial score (nSPS) is 14.7. The molecule has 4 heteroatoms. The van der Waals surface area contributed by atoms with Crippen molar-refractivity contribution in [2.45, 2.75) is 32.4 Å².